The minimum absolute atomic E-state index is 0.189. The molecule has 1 saturated heterocycles. The van der Waals surface area contributed by atoms with E-state index in [9.17, 15) is 4.79 Å². The number of rotatable bonds is 6. The van der Waals surface area contributed by atoms with E-state index in [-0.39, 0.29) is 11.4 Å². The number of nitrogens with one attached hydrogen (secondary N) is 1. The predicted molar refractivity (Wildman–Crippen MR) is 79.8 cm³/mol. The molecule has 0 aliphatic carbocycles. The SMILES string of the molecule is CCC1(C(=O)N(C)CCOc2ccccc2)CCCN1. The van der Waals surface area contributed by atoms with Crippen LogP contribution in [0.3, 0.4) is 0 Å². The first-order valence-corrected chi connectivity index (χ1v) is 7.36. The summed E-state index contributed by atoms with van der Waals surface area (Å²) < 4.78 is 5.64. The topological polar surface area (TPSA) is 41.6 Å². The molecule has 1 fully saturated rings. The van der Waals surface area contributed by atoms with Crippen molar-refractivity contribution in [3.8, 4) is 5.75 Å². The quantitative estimate of drug-likeness (QED) is 0.864. The van der Waals surface area contributed by atoms with Crippen molar-refractivity contribution >= 4 is 5.91 Å². The van der Waals surface area contributed by atoms with Crippen LogP contribution in [-0.2, 0) is 4.79 Å². The van der Waals surface area contributed by atoms with Crippen LogP contribution < -0.4 is 10.1 Å². The lowest BCUT2D eigenvalue weighted by Crippen LogP contribution is -2.54. The fourth-order valence-electron chi connectivity index (χ4n) is 2.73. The lowest BCUT2D eigenvalue weighted by atomic mass is 9.92. The summed E-state index contributed by atoms with van der Waals surface area (Å²) in [5.74, 6) is 1.03. The summed E-state index contributed by atoms with van der Waals surface area (Å²) in [5.41, 5.74) is -0.346. The summed E-state index contributed by atoms with van der Waals surface area (Å²) in [7, 11) is 1.86. The van der Waals surface area contributed by atoms with Gasteiger partial charge in [0.15, 0.2) is 0 Å². The van der Waals surface area contributed by atoms with Crippen LogP contribution >= 0.6 is 0 Å². The number of carbonyl (C=O) groups is 1. The van der Waals surface area contributed by atoms with E-state index >= 15 is 0 Å². The van der Waals surface area contributed by atoms with Crippen molar-refractivity contribution in [2.24, 2.45) is 0 Å². The second kappa shape index (κ2) is 6.75. The molecule has 1 heterocycles. The number of likely N-dealkylation sites (N-methyl/N-ethyl adjacent to an activating group) is 1. The minimum atomic E-state index is -0.346. The Kier molecular flexibility index (Phi) is 5.01. The van der Waals surface area contributed by atoms with E-state index in [1.165, 1.54) is 0 Å². The van der Waals surface area contributed by atoms with Gasteiger partial charge in [-0.1, -0.05) is 25.1 Å². The highest BCUT2D eigenvalue weighted by Crippen LogP contribution is 2.25. The molecule has 1 amide bonds. The molecule has 0 spiro atoms. The maximum atomic E-state index is 12.5. The number of hydrogen-bond donors (Lipinski definition) is 1. The number of amides is 1. The van der Waals surface area contributed by atoms with Gasteiger partial charge in [0, 0.05) is 7.05 Å². The minimum Gasteiger partial charge on any atom is -0.492 e. The van der Waals surface area contributed by atoms with Gasteiger partial charge in [-0.05, 0) is 37.9 Å². The monoisotopic (exact) mass is 276 g/mol. The van der Waals surface area contributed by atoms with Gasteiger partial charge in [0.1, 0.15) is 12.4 Å². The summed E-state index contributed by atoms with van der Waals surface area (Å²) in [6.07, 6.45) is 2.86. The average Bonchev–Trinajstić information content (AvgIpc) is 2.97. The van der Waals surface area contributed by atoms with E-state index in [0.717, 1.165) is 31.6 Å². The Hall–Kier alpha value is -1.55. The van der Waals surface area contributed by atoms with Crippen molar-refractivity contribution in [1.29, 1.82) is 0 Å². The van der Waals surface area contributed by atoms with Crippen molar-refractivity contribution in [2.45, 2.75) is 31.7 Å². The largest absolute Gasteiger partial charge is 0.492 e. The van der Waals surface area contributed by atoms with Crippen molar-refractivity contribution in [2.75, 3.05) is 26.7 Å². The number of para-hydroxylation sites is 1. The fraction of sp³-hybridized carbons (Fsp3) is 0.562. The molecule has 0 saturated carbocycles. The Balaban J connectivity index is 1.82. The maximum absolute atomic E-state index is 12.5. The molecule has 20 heavy (non-hydrogen) atoms. The number of benzene rings is 1. The van der Waals surface area contributed by atoms with Gasteiger partial charge >= 0.3 is 0 Å². The van der Waals surface area contributed by atoms with E-state index in [1.807, 2.05) is 37.4 Å². The van der Waals surface area contributed by atoms with Gasteiger partial charge in [0.2, 0.25) is 5.91 Å². The van der Waals surface area contributed by atoms with Gasteiger partial charge in [0.05, 0.1) is 12.1 Å². The zero-order valence-corrected chi connectivity index (χ0v) is 12.4. The first-order valence-electron chi connectivity index (χ1n) is 7.36. The molecular weight excluding hydrogens is 252 g/mol. The normalized spacial score (nSPS) is 21.7. The first-order chi connectivity index (χ1) is 9.68. The molecule has 1 atom stereocenters. The van der Waals surface area contributed by atoms with Crippen LogP contribution in [-0.4, -0.2) is 43.1 Å². The van der Waals surface area contributed by atoms with Crippen LogP contribution in [0.2, 0.25) is 0 Å². The predicted octanol–water partition coefficient (Wildman–Crippen LogP) is 2.06. The van der Waals surface area contributed by atoms with Gasteiger partial charge in [-0.3, -0.25) is 4.79 Å². The van der Waals surface area contributed by atoms with Crippen LogP contribution in [0.15, 0.2) is 30.3 Å². The summed E-state index contributed by atoms with van der Waals surface area (Å²) in [6, 6.07) is 9.69. The molecule has 110 valence electrons. The highest BCUT2D eigenvalue weighted by atomic mass is 16.5. The molecule has 2 rings (SSSR count). The molecule has 0 bridgehead atoms. The van der Waals surface area contributed by atoms with Crippen LogP contribution in [0.4, 0.5) is 0 Å². The zero-order chi connectivity index (χ0) is 14.4. The highest BCUT2D eigenvalue weighted by Gasteiger charge is 2.40. The van der Waals surface area contributed by atoms with Gasteiger partial charge in [0.25, 0.3) is 0 Å². The van der Waals surface area contributed by atoms with Crippen LogP contribution in [0.1, 0.15) is 26.2 Å². The number of hydrogen-bond acceptors (Lipinski definition) is 3. The second-order valence-corrected chi connectivity index (χ2v) is 5.35. The Labute approximate surface area is 121 Å². The molecule has 0 radical (unpaired) electrons. The smallest absolute Gasteiger partial charge is 0.242 e. The van der Waals surface area contributed by atoms with Crippen molar-refractivity contribution < 1.29 is 9.53 Å². The van der Waals surface area contributed by atoms with Crippen molar-refractivity contribution in [3.05, 3.63) is 30.3 Å². The zero-order valence-electron chi connectivity index (χ0n) is 12.4. The Bertz CT molecular complexity index is 427. The summed E-state index contributed by atoms with van der Waals surface area (Å²) in [5, 5.41) is 3.38. The van der Waals surface area contributed by atoms with E-state index in [2.05, 4.69) is 12.2 Å². The van der Waals surface area contributed by atoms with Crippen molar-refractivity contribution in [3.63, 3.8) is 0 Å². The van der Waals surface area contributed by atoms with Gasteiger partial charge in [-0.25, -0.2) is 0 Å². The van der Waals surface area contributed by atoms with E-state index in [1.54, 1.807) is 4.90 Å². The van der Waals surface area contributed by atoms with E-state index in [4.69, 9.17) is 4.74 Å². The number of ether oxygens (including phenoxy) is 1. The first kappa shape index (κ1) is 14.9. The lowest BCUT2D eigenvalue weighted by molar-refractivity contribution is -0.137. The molecule has 1 N–H and O–H groups in total. The fourth-order valence-corrected chi connectivity index (χ4v) is 2.73. The van der Waals surface area contributed by atoms with Crippen molar-refractivity contribution in [1.82, 2.24) is 10.2 Å². The van der Waals surface area contributed by atoms with Gasteiger partial charge in [-0.2, -0.15) is 0 Å². The van der Waals surface area contributed by atoms with E-state index < -0.39 is 0 Å². The molecule has 1 unspecified atom stereocenters. The van der Waals surface area contributed by atoms with Crippen LogP contribution in [0.25, 0.3) is 0 Å². The maximum Gasteiger partial charge on any atom is 0.242 e. The molecular formula is C16H24N2O2. The molecule has 1 aliphatic heterocycles. The summed E-state index contributed by atoms with van der Waals surface area (Å²) >= 11 is 0. The Morgan fingerprint density at radius 1 is 1.40 bits per heavy atom. The third-order valence-corrected chi connectivity index (χ3v) is 4.04. The third kappa shape index (κ3) is 3.31. The standard InChI is InChI=1S/C16H24N2O2/c1-3-16(10-7-11-17-16)15(19)18(2)12-13-20-14-8-5-4-6-9-14/h4-6,8-9,17H,3,7,10-13H2,1-2H3. The summed E-state index contributed by atoms with van der Waals surface area (Å²) in [6.45, 7) is 4.14. The Morgan fingerprint density at radius 3 is 2.75 bits per heavy atom. The molecule has 1 aromatic carbocycles. The average molecular weight is 276 g/mol. The molecule has 1 aliphatic rings. The van der Waals surface area contributed by atoms with E-state index in [0.29, 0.717) is 13.2 Å². The van der Waals surface area contributed by atoms with Gasteiger partial charge < -0.3 is 15.0 Å². The van der Waals surface area contributed by atoms with Crippen LogP contribution in [0, 0.1) is 0 Å². The molecule has 4 heteroatoms. The molecule has 1 aromatic rings. The summed E-state index contributed by atoms with van der Waals surface area (Å²) in [4.78, 5) is 14.3. The number of carbonyl (C=O) groups excluding carboxylic acids is 1. The number of nitrogens with zero attached hydrogens (tertiary/aromatic N) is 1. The van der Waals surface area contributed by atoms with Crippen LogP contribution in [0.5, 0.6) is 5.75 Å². The second-order valence-electron chi connectivity index (χ2n) is 5.35. The lowest BCUT2D eigenvalue weighted by Gasteiger charge is -2.31. The molecule has 0 aromatic heterocycles. The molecule has 4 nitrogen and oxygen atoms in total. The van der Waals surface area contributed by atoms with Gasteiger partial charge in [-0.15, -0.1) is 0 Å². The highest BCUT2D eigenvalue weighted by molar-refractivity contribution is 5.86. The Morgan fingerprint density at radius 2 is 2.15 bits per heavy atom. The third-order valence-electron chi connectivity index (χ3n) is 4.04.